The Balaban J connectivity index is 5.54. The predicted molar refractivity (Wildman–Crippen MR) is 98.9 cm³/mol. The molecule has 0 saturated carbocycles. The van der Waals surface area contributed by atoms with E-state index in [4.69, 9.17) is 4.55 Å². The highest BCUT2D eigenvalue weighted by Crippen LogP contribution is 2.19. The summed E-state index contributed by atoms with van der Waals surface area (Å²) in [4.78, 5) is 25.4. The van der Waals surface area contributed by atoms with Gasteiger partial charge in [-0.3, -0.25) is 18.3 Å². The van der Waals surface area contributed by atoms with Crippen molar-refractivity contribution in [3.8, 4) is 0 Å². The molecule has 0 fully saturated rings. The molecule has 0 aromatic carbocycles. The van der Waals surface area contributed by atoms with Crippen LogP contribution in [0.5, 0.6) is 0 Å². The Morgan fingerprint density at radius 3 is 2.00 bits per heavy atom. The van der Waals surface area contributed by atoms with Gasteiger partial charge in [0.25, 0.3) is 10.1 Å². The summed E-state index contributed by atoms with van der Waals surface area (Å²) in [5.74, 6) is -1.68. The Labute approximate surface area is 156 Å². The van der Waals surface area contributed by atoms with E-state index >= 15 is 0 Å². The van der Waals surface area contributed by atoms with Crippen LogP contribution in [0.15, 0.2) is 12.2 Å². The van der Waals surface area contributed by atoms with Crippen molar-refractivity contribution in [2.75, 3.05) is 60.6 Å². The summed E-state index contributed by atoms with van der Waals surface area (Å²) in [6.45, 7) is 6.04. The summed E-state index contributed by atoms with van der Waals surface area (Å²) in [5.41, 5.74) is 0.384. The Morgan fingerprint density at radius 2 is 1.65 bits per heavy atom. The molecular formula is C16H33N3O6S+2. The predicted octanol–water partition coefficient (Wildman–Crippen LogP) is -0.138. The lowest BCUT2D eigenvalue weighted by Gasteiger charge is -2.45. The smallest absolute Gasteiger partial charge is 0.423 e. The fourth-order valence-electron chi connectivity index (χ4n) is 3.20. The van der Waals surface area contributed by atoms with Gasteiger partial charge in [0.1, 0.15) is 6.54 Å². The first-order valence-electron chi connectivity index (χ1n) is 8.25. The van der Waals surface area contributed by atoms with Crippen LogP contribution in [-0.2, 0) is 19.7 Å². The van der Waals surface area contributed by atoms with Crippen LogP contribution in [0.4, 0.5) is 0 Å². The number of quaternary nitrogens is 2. The van der Waals surface area contributed by atoms with E-state index in [0.29, 0.717) is 12.1 Å². The fraction of sp³-hybridized carbons (Fsp3) is 0.750. The number of likely N-dealkylation sites (N-methyl/N-ethyl adjacent to an activating group) is 3. The molecule has 2 N–H and O–H groups in total. The summed E-state index contributed by atoms with van der Waals surface area (Å²) in [5, 5.41) is 9.77. The summed E-state index contributed by atoms with van der Waals surface area (Å²) in [6.07, 6.45) is -0.762. The van der Waals surface area contributed by atoms with Crippen molar-refractivity contribution in [1.29, 1.82) is 0 Å². The third kappa shape index (κ3) is 7.81. The average Bonchev–Trinajstić information content (AvgIpc) is 2.40. The number of amides is 1. The van der Waals surface area contributed by atoms with Gasteiger partial charge in [-0.2, -0.15) is 8.42 Å². The van der Waals surface area contributed by atoms with Gasteiger partial charge in [0.2, 0.25) is 5.91 Å². The molecule has 0 aromatic heterocycles. The molecule has 0 aliphatic heterocycles. The minimum Gasteiger partial charge on any atom is -0.472 e. The van der Waals surface area contributed by atoms with Gasteiger partial charge in [-0.05, 0) is 6.92 Å². The molecule has 9 nitrogen and oxygen atoms in total. The second-order valence-corrected chi connectivity index (χ2v) is 9.47. The van der Waals surface area contributed by atoms with Gasteiger partial charge in [-0.25, -0.2) is 4.79 Å². The molecule has 10 heteroatoms. The highest BCUT2D eigenvalue weighted by Gasteiger charge is 2.48. The second kappa shape index (κ2) is 8.94. The Hall–Kier alpha value is -1.49. The van der Waals surface area contributed by atoms with Crippen molar-refractivity contribution < 1.29 is 36.6 Å². The van der Waals surface area contributed by atoms with E-state index in [-0.39, 0.29) is 34.4 Å². The molecule has 0 saturated heterocycles. The Morgan fingerprint density at radius 1 is 1.15 bits per heavy atom. The maximum atomic E-state index is 12.0. The summed E-state index contributed by atoms with van der Waals surface area (Å²) < 4.78 is 31.1. The number of hydrogen-bond acceptors (Lipinski definition) is 4. The maximum Gasteiger partial charge on any atom is 0.423 e. The monoisotopic (exact) mass is 395 g/mol. The zero-order valence-electron chi connectivity index (χ0n) is 16.6. The van der Waals surface area contributed by atoms with Crippen LogP contribution >= 0.6 is 0 Å². The van der Waals surface area contributed by atoms with E-state index in [1.165, 1.54) is 4.90 Å². The average molecular weight is 396 g/mol. The zero-order chi connectivity index (χ0) is 20.9. The normalized spacial score (nSPS) is 15.8. The largest absolute Gasteiger partial charge is 0.472 e. The first-order chi connectivity index (χ1) is 11.5. The van der Waals surface area contributed by atoms with E-state index in [1.807, 2.05) is 0 Å². The number of carbonyl (C=O) groups excluding carboxylic acids is 1. The number of rotatable bonds is 11. The van der Waals surface area contributed by atoms with Crippen molar-refractivity contribution in [2.45, 2.75) is 19.5 Å². The molecule has 0 heterocycles. The third-order valence-corrected chi connectivity index (χ3v) is 5.08. The van der Waals surface area contributed by atoms with E-state index in [2.05, 4.69) is 6.58 Å². The quantitative estimate of drug-likeness (QED) is 0.218. The summed E-state index contributed by atoms with van der Waals surface area (Å²) in [6, 6.07) is 0. The van der Waals surface area contributed by atoms with Crippen molar-refractivity contribution >= 4 is 22.0 Å². The molecular weight excluding hydrogens is 362 g/mol. The van der Waals surface area contributed by atoms with Crippen LogP contribution in [0.1, 0.15) is 13.3 Å². The van der Waals surface area contributed by atoms with E-state index in [1.54, 1.807) is 42.2 Å². The molecule has 0 aromatic rings. The molecule has 152 valence electrons. The van der Waals surface area contributed by atoms with Crippen LogP contribution in [0.25, 0.3) is 0 Å². The van der Waals surface area contributed by atoms with Gasteiger partial charge in [0, 0.05) is 19.0 Å². The first-order valence-corrected chi connectivity index (χ1v) is 9.86. The number of nitrogens with zero attached hydrogens (tertiary/aromatic N) is 3. The lowest BCUT2D eigenvalue weighted by Crippen LogP contribution is -2.69. The summed E-state index contributed by atoms with van der Waals surface area (Å²) >= 11 is 0. The Bertz CT molecular complexity index is 641. The van der Waals surface area contributed by atoms with E-state index in [9.17, 15) is 23.1 Å². The highest BCUT2D eigenvalue weighted by atomic mass is 32.2. The van der Waals surface area contributed by atoms with Crippen LogP contribution in [0, 0.1) is 0 Å². The van der Waals surface area contributed by atoms with Crippen LogP contribution < -0.4 is 0 Å². The van der Waals surface area contributed by atoms with Crippen LogP contribution in [0.2, 0.25) is 0 Å². The van der Waals surface area contributed by atoms with Gasteiger partial charge >= 0.3 is 12.1 Å². The minimum atomic E-state index is -4.12. The molecule has 2 unspecified atom stereocenters. The first kappa shape index (κ1) is 24.5. The number of aliphatic carboxylic acids is 1. The number of carboxylic acids is 1. The van der Waals surface area contributed by atoms with Crippen LogP contribution in [0.3, 0.4) is 0 Å². The van der Waals surface area contributed by atoms with Crippen LogP contribution in [-0.4, -0.2) is 111 Å². The molecule has 0 spiro atoms. The number of carbonyl (C=O) groups is 2. The standard InChI is InChI=1S/C16H31N3O6S/c1-13(2)14(20)17(3)9-11-19(7,10-8-12-26(23,24)25)15(16(21)22)18(4,5)6/h15H,1,8-12H2,2-7H3/p+2. The van der Waals surface area contributed by atoms with Crippen molar-refractivity contribution in [3.63, 3.8) is 0 Å². The Kier molecular flexibility index (Phi) is 8.42. The molecule has 0 radical (unpaired) electrons. The van der Waals surface area contributed by atoms with Gasteiger partial charge in [0.05, 0.1) is 47.0 Å². The molecule has 0 bridgehead atoms. The van der Waals surface area contributed by atoms with Gasteiger partial charge in [-0.1, -0.05) is 6.58 Å². The maximum absolute atomic E-state index is 12.0. The highest BCUT2D eigenvalue weighted by molar-refractivity contribution is 7.85. The van der Waals surface area contributed by atoms with Crippen molar-refractivity contribution in [2.24, 2.45) is 0 Å². The third-order valence-electron chi connectivity index (χ3n) is 4.27. The topological polar surface area (TPSA) is 112 Å². The van der Waals surface area contributed by atoms with Crippen molar-refractivity contribution in [1.82, 2.24) is 4.90 Å². The van der Waals surface area contributed by atoms with Crippen molar-refractivity contribution in [3.05, 3.63) is 12.2 Å². The zero-order valence-corrected chi connectivity index (χ0v) is 17.4. The number of hydrogen-bond donors (Lipinski definition) is 2. The van der Waals surface area contributed by atoms with Gasteiger partial charge in [0.15, 0.2) is 0 Å². The molecule has 26 heavy (non-hydrogen) atoms. The molecule has 0 rings (SSSR count). The minimum absolute atomic E-state index is 0.0160. The molecule has 1 amide bonds. The lowest BCUT2D eigenvalue weighted by molar-refractivity contribution is -1.09. The molecule has 2 atom stereocenters. The molecule has 0 aliphatic carbocycles. The van der Waals surface area contributed by atoms with E-state index in [0.717, 1.165) is 0 Å². The second-order valence-electron chi connectivity index (χ2n) is 7.90. The van der Waals surface area contributed by atoms with E-state index < -0.39 is 28.0 Å². The molecule has 0 aliphatic rings. The SMILES string of the molecule is C=C(C)C(=O)N(C)CC[N+](C)(CCCS(=O)(=O)O)C(C(=O)O)[N+](C)(C)C. The fourth-order valence-corrected chi connectivity index (χ4v) is 3.70. The number of carboxylic acid groups (broad SMARTS) is 1. The van der Waals surface area contributed by atoms with Gasteiger partial charge in [-0.15, -0.1) is 0 Å². The van der Waals surface area contributed by atoms with Gasteiger partial charge < -0.3 is 10.0 Å². The summed E-state index contributed by atoms with van der Waals surface area (Å²) in [7, 11) is 4.47. The lowest BCUT2D eigenvalue weighted by atomic mass is 10.2.